The molecule has 260 valence electrons. The minimum absolute atomic E-state index is 0.221. The van der Waals surface area contributed by atoms with Gasteiger partial charge >= 0.3 is 29.8 Å². The molecule has 0 bridgehead atoms. The van der Waals surface area contributed by atoms with Gasteiger partial charge in [-0.15, -0.1) is 0 Å². The molecule has 0 aromatic carbocycles. The number of hydrogen-bond acceptors (Lipinski definition) is 15. The van der Waals surface area contributed by atoms with Crippen molar-refractivity contribution in [2.75, 3.05) is 134 Å². The molecule has 0 unspecified atom stereocenters. The van der Waals surface area contributed by atoms with Gasteiger partial charge in [-0.3, -0.25) is 33.8 Å². The zero-order valence-corrected chi connectivity index (χ0v) is 28.0. The largest absolute Gasteiger partial charge is 0.469 e. The number of ether oxygens (including phenoxy) is 5. The van der Waals surface area contributed by atoms with Gasteiger partial charge in [0.05, 0.1) is 67.7 Å². The fourth-order valence-electron chi connectivity index (χ4n) is 4.85. The Labute approximate surface area is 267 Å². The second kappa shape index (κ2) is 24.4. The molecular weight excluding hydrogens is 590 g/mol. The molecule has 1 heterocycles. The van der Waals surface area contributed by atoms with Gasteiger partial charge in [0.25, 0.3) is 0 Å². The zero-order valence-electron chi connectivity index (χ0n) is 28.0. The van der Waals surface area contributed by atoms with E-state index in [1.54, 1.807) is 0 Å². The second-order valence-electron chi connectivity index (χ2n) is 10.8. The number of carbonyl (C=O) groups excluding carboxylic acids is 5. The molecule has 0 saturated carbocycles. The lowest BCUT2D eigenvalue weighted by atomic mass is 10.2. The Hall–Kier alpha value is -2.85. The van der Waals surface area contributed by atoms with Gasteiger partial charge in [0.2, 0.25) is 0 Å². The molecule has 0 spiro atoms. The number of piperazine rings is 1. The molecular formula is C30H55N5O10. The van der Waals surface area contributed by atoms with Gasteiger partial charge in [-0.1, -0.05) is 0 Å². The number of methoxy groups -OCH3 is 5. The van der Waals surface area contributed by atoms with Crippen molar-refractivity contribution in [1.82, 2.24) is 24.5 Å². The van der Waals surface area contributed by atoms with Gasteiger partial charge in [-0.05, 0) is 0 Å². The minimum Gasteiger partial charge on any atom is -0.469 e. The quantitative estimate of drug-likeness (QED) is 0.0964. The van der Waals surface area contributed by atoms with Crippen LogP contribution in [0.5, 0.6) is 0 Å². The normalized spacial score (nSPS) is 14.0. The van der Waals surface area contributed by atoms with Crippen LogP contribution in [-0.2, 0) is 47.7 Å². The summed E-state index contributed by atoms with van der Waals surface area (Å²) in [6, 6.07) is 0. The summed E-state index contributed by atoms with van der Waals surface area (Å²) in [5.74, 6) is -1.44. The van der Waals surface area contributed by atoms with E-state index in [4.69, 9.17) is 23.7 Å². The lowest BCUT2D eigenvalue weighted by molar-refractivity contribution is -0.142. The number of nitrogens with zero attached hydrogens (tertiary/aromatic N) is 5. The molecule has 1 saturated heterocycles. The molecule has 45 heavy (non-hydrogen) atoms. The summed E-state index contributed by atoms with van der Waals surface area (Å²) in [5.41, 5.74) is 0. The Morgan fingerprint density at radius 1 is 0.400 bits per heavy atom. The van der Waals surface area contributed by atoms with E-state index in [2.05, 4.69) is 19.6 Å². The predicted molar refractivity (Wildman–Crippen MR) is 165 cm³/mol. The van der Waals surface area contributed by atoms with Crippen LogP contribution < -0.4 is 0 Å². The van der Waals surface area contributed by atoms with Crippen LogP contribution in [0.1, 0.15) is 32.1 Å². The van der Waals surface area contributed by atoms with Crippen LogP contribution >= 0.6 is 0 Å². The van der Waals surface area contributed by atoms with E-state index < -0.39 is 0 Å². The highest BCUT2D eigenvalue weighted by atomic mass is 16.5. The third-order valence-electron chi connectivity index (χ3n) is 7.96. The van der Waals surface area contributed by atoms with Crippen molar-refractivity contribution >= 4 is 29.8 Å². The first-order valence-corrected chi connectivity index (χ1v) is 15.6. The molecule has 0 atom stereocenters. The number of hydrogen-bond donors (Lipinski definition) is 0. The summed E-state index contributed by atoms with van der Waals surface area (Å²) in [4.78, 5) is 69.7. The Morgan fingerprint density at radius 3 is 0.867 bits per heavy atom. The molecule has 15 nitrogen and oxygen atoms in total. The number of rotatable bonds is 24. The molecule has 0 N–H and O–H groups in total. The van der Waals surface area contributed by atoms with Crippen LogP contribution in [0.15, 0.2) is 0 Å². The Kier molecular flexibility index (Phi) is 21.8. The first-order valence-electron chi connectivity index (χ1n) is 15.6. The summed E-state index contributed by atoms with van der Waals surface area (Å²) in [7, 11) is 6.83. The van der Waals surface area contributed by atoms with Crippen LogP contribution in [0, 0.1) is 0 Å². The maximum atomic E-state index is 11.9. The lowest BCUT2D eigenvalue weighted by Gasteiger charge is -2.37. The molecule has 15 heteroatoms. The zero-order chi connectivity index (χ0) is 33.5. The Balaban J connectivity index is 2.62. The Bertz CT molecular complexity index is 845. The van der Waals surface area contributed by atoms with Gasteiger partial charge < -0.3 is 38.4 Å². The van der Waals surface area contributed by atoms with Gasteiger partial charge in [0.1, 0.15) is 0 Å². The van der Waals surface area contributed by atoms with Crippen LogP contribution in [-0.4, -0.2) is 188 Å². The van der Waals surface area contributed by atoms with Crippen molar-refractivity contribution in [3.8, 4) is 0 Å². The summed E-state index contributed by atoms with van der Waals surface area (Å²) >= 11 is 0. The fourth-order valence-corrected chi connectivity index (χ4v) is 4.85. The smallest absolute Gasteiger partial charge is 0.306 e. The third kappa shape index (κ3) is 19.3. The highest BCUT2D eigenvalue weighted by Crippen LogP contribution is 2.06. The van der Waals surface area contributed by atoms with E-state index in [-0.39, 0.29) is 62.0 Å². The summed E-state index contributed by atoms with van der Waals surface area (Å²) in [6.07, 6.45) is 1.26. The van der Waals surface area contributed by atoms with Crippen molar-refractivity contribution in [2.24, 2.45) is 0 Å². The minimum atomic E-state index is -0.310. The molecule has 0 aromatic heterocycles. The maximum Gasteiger partial charge on any atom is 0.306 e. The molecule has 1 aliphatic rings. The van der Waals surface area contributed by atoms with E-state index in [0.29, 0.717) is 45.8 Å². The summed E-state index contributed by atoms with van der Waals surface area (Å²) in [6.45, 7) is 10.5. The first-order chi connectivity index (χ1) is 21.6. The number of esters is 5. The summed E-state index contributed by atoms with van der Waals surface area (Å²) in [5, 5.41) is 0. The van der Waals surface area contributed by atoms with E-state index in [1.165, 1.54) is 35.5 Å². The molecule has 1 fully saturated rings. The molecule has 1 aliphatic heterocycles. The summed E-state index contributed by atoms with van der Waals surface area (Å²) < 4.78 is 23.9. The first kappa shape index (κ1) is 40.2. The van der Waals surface area contributed by atoms with Gasteiger partial charge in [-0.25, -0.2) is 0 Å². The maximum absolute atomic E-state index is 11.9. The van der Waals surface area contributed by atoms with Crippen molar-refractivity contribution in [1.29, 1.82) is 0 Å². The average molecular weight is 646 g/mol. The van der Waals surface area contributed by atoms with Crippen LogP contribution in [0.25, 0.3) is 0 Å². The standard InChI is InChI=1S/C30H55N5O10/c1-41-26(36)6-11-31(12-7-27(37)42-2)16-18-33(15-10-30(40)45-5)19-21-35-24-22-34(23-25-35)20-17-32(13-8-28(38)43-3)14-9-29(39)44-4/h6-25H2,1-5H3. The van der Waals surface area contributed by atoms with Crippen molar-refractivity contribution in [3.63, 3.8) is 0 Å². The highest BCUT2D eigenvalue weighted by molar-refractivity contribution is 5.71. The third-order valence-corrected chi connectivity index (χ3v) is 7.96. The molecule has 1 rings (SSSR count). The average Bonchev–Trinajstić information content (AvgIpc) is 3.07. The molecule has 0 aromatic rings. The number of carbonyl (C=O) groups is 5. The predicted octanol–water partition coefficient (Wildman–Crippen LogP) is -0.674. The van der Waals surface area contributed by atoms with Gasteiger partial charge in [0, 0.05) is 98.2 Å². The SMILES string of the molecule is COC(=O)CCN(CCC(=O)OC)CCN(CCC(=O)OC)CCN1CCN(CCN(CCC(=O)OC)CCC(=O)OC)CC1. The van der Waals surface area contributed by atoms with Crippen LogP contribution in [0.4, 0.5) is 0 Å². The molecule has 0 amide bonds. The fraction of sp³-hybridized carbons (Fsp3) is 0.833. The van der Waals surface area contributed by atoms with Gasteiger partial charge in [0.15, 0.2) is 0 Å². The van der Waals surface area contributed by atoms with E-state index in [1.807, 2.05) is 4.90 Å². The highest BCUT2D eigenvalue weighted by Gasteiger charge is 2.20. The van der Waals surface area contributed by atoms with E-state index >= 15 is 0 Å². The second-order valence-corrected chi connectivity index (χ2v) is 10.8. The molecule has 0 aliphatic carbocycles. The van der Waals surface area contributed by atoms with Crippen molar-refractivity contribution in [2.45, 2.75) is 32.1 Å². The van der Waals surface area contributed by atoms with E-state index in [0.717, 1.165) is 52.4 Å². The topological polar surface area (TPSA) is 148 Å². The lowest BCUT2D eigenvalue weighted by Crippen LogP contribution is -2.50. The molecule has 0 radical (unpaired) electrons. The van der Waals surface area contributed by atoms with Crippen molar-refractivity contribution < 1.29 is 47.7 Å². The van der Waals surface area contributed by atoms with E-state index in [9.17, 15) is 24.0 Å². The Morgan fingerprint density at radius 2 is 0.622 bits per heavy atom. The van der Waals surface area contributed by atoms with Crippen LogP contribution in [0.2, 0.25) is 0 Å². The van der Waals surface area contributed by atoms with Crippen molar-refractivity contribution in [3.05, 3.63) is 0 Å². The van der Waals surface area contributed by atoms with Gasteiger partial charge in [-0.2, -0.15) is 0 Å². The monoisotopic (exact) mass is 645 g/mol. The van der Waals surface area contributed by atoms with Crippen LogP contribution in [0.3, 0.4) is 0 Å².